The van der Waals surface area contributed by atoms with Crippen molar-refractivity contribution in [2.24, 2.45) is 0 Å². The lowest BCUT2D eigenvalue weighted by Crippen LogP contribution is -2.07. The highest BCUT2D eigenvalue weighted by Gasteiger charge is 2.14. The molecule has 0 aliphatic rings. The third-order valence-corrected chi connectivity index (χ3v) is 2.09. The molecule has 0 fully saturated rings. The number of ether oxygens (including phenoxy) is 1. The van der Waals surface area contributed by atoms with Crippen LogP contribution in [0, 0.1) is 5.82 Å². The van der Waals surface area contributed by atoms with Crippen molar-refractivity contribution in [2.75, 3.05) is 0 Å². The molecular formula is C10H9Cl2FO2. The molecule has 0 saturated heterocycles. The molecule has 0 aromatic heterocycles. The number of rotatable bonds is 3. The fourth-order valence-electron chi connectivity index (χ4n) is 1.02. The first-order valence-electron chi connectivity index (χ1n) is 4.27. The van der Waals surface area contributed by atoms with Gasteiger partial charge in [-0.25, -0.2) is 4.39 Å². The van der Waals surface area contributed by atoms with E-state index in [0.717, 1.165) is 6.07 Å². The van der Waals surface area contributed by atoms with Gasteiger partial charge >= 0.3 is 0 Å². The van der Waals surface area contributed by atoms with Crippen LogP contribution in [-0.4, -0.2) is 11.3 Å². The highest BCUT2D eigenvalue weighted by Crippen LogP contribution is 2.29. The minimum Gasteiger partial charge on any atom is -0.489 e. The van der Waals surface area contributed by atoms with Crippen LogP contribution in [0.3, 0.4) is 0 Å². The van der Waals surface area contributed by atoms with Gasteiger partial charge in [-0.15, -0.1) is 0 Å². The molecule has 82 valence electrons. The molecule has 15 heavy (non-hydrogen) atoms. The van der Waals surface area contributed by atoms with Gasteiger partial charge in [0.25, 0.3) is 5.24 Å². The van der Waals surface area contributed by atoms with E-state index in [2.05, 4.69) is 0 Å². The lowest BCUT2D eigenvalue weighted by molar-refractivity contribution is 0.107. The number of carbonyl (C=O) groups excluding carboxylic acids is 1. The van der Waals surface area contributed by atoms with Crippen molar-refractivity contribution >= 4 is 28.4 Å². The predicted octanol–water partition coefficient (Wildman–Crippen LogP) is 3.65. The smallest absolute Gasteiger partial charge is 0.255 e. The highest BCUT2D eigenvalue weighted by atomic mass is 35.5. The van der Waals surface area contributed by atoms with E-state index in [-0.39, 0.29) is 22.4 Å². The van der Waals surface area contributed by atoms with Gasteiger partial charge in [0.1, 0.15) is 11.6 Å². The largest absolute Gasteiger partial charge is 0.489 e. The molecule has 1 rings (SSSR count). The second-order valence-corrected chi connectivity index (χ2v) is 3.95. The van der Waals surface area contributed by atoms with Crippen LogP contribution in [0.15, 0.2) is 12.1 Å². The Bertz CT molecular complexity index is 391. The summed E-state index contributed by atoms with van der Waals surface area (Å²) in [6.07, 6.45) is -0.119. The van der Waals surface area contributed by atoms with E-state index >= 15 is 0 Å². The molecule has 1 aromatic rings. The van der Waals surface area contributed by atoms with Crippen LogP contribution >= 0.6 is 23.2 Å². The molecule has 2 nitrogen and oxygen atoms in total. The number of carbonyl (C=O) groups is 1. The zero-order valence-corrected chi connectivity index (χ0v) is 9.69. The van der Waals surface area contributed by atoms with Crippen molar-refractivity contribution in [3.63, 3.8) is 0 Å². The minimum absolute atomic E-state index is 0.114. The molecule has 0 N–H and O–H groups in total. The quantitative estimate of drug-likeness (QED) is 0.766. The fraction of sp³-hybridized carbons (Fsp3) is 0.300. The molecule has 0 amide bonds. The molecule has 5 heteroatoms. The molecule has 0 saturated carbocycles. The molecule has 0 unspecified atom stereocenters. The Morgan fingerprint density at radius 2 is 2.07 bits per heavy atom. The van der Waals surface area contributed by atoms with Gasteiger partial charge in [-0.2, -0.15) is 0 Å². The monoisotopic (exact) mass is 250 g/mol. The van der Waals surface area contributed by atoms with E-state index in [1.807, 2.05) is 0 Å². The Balaban J connectivity index is 3.17. The van der Waals surface area contributed by atoms with Gasteiger partial charge in [0.15, 0.2) is 0 Å². The zero-order valence-electron chi connectivity index (χ0n) is 8.18. The molecule has 0 aliphatic carbocycles. The second-order valence-electron chi connectivity index (χ2n) is 3.20. The van der Waals surface area contributed by atoms with E-state index in [9.17, 15) is 9.18 Å². The summed E-state index contributed by atoms with van der Waals surface area (Å²) in [7, 11) is 0. The summed E-state index contributed by atoms with van der Waals surface area (Å²) in [4.78, 5) is 10.8. The summed E-state index contributed by atoms with van der Waals surface area (Å²) in [6, 6.07) is 2.21. The van der Waals surface area contributed by atoms with Gasteiger partial charge in [-0.05, 0) is 37.6 Å². The molecule has 0 radical (unpaired) electrons. The minimum atomic E-state index is -0.877. The normalized spacial score (nSPS) is 10.5. The summed E-state index contributed by atoms with van der Waals surface area (Å²) >= 11 is 10.9. The molecule has 0 bridgehead atoms. The number of hydrogen-bond donors (Lipinski definition) is 0. The van der Waals surface area contributed by atoms with Crippen LogP contribution in [0.4, 0.5) is 4.39 Å². The Morgan fingerprint density at radius 1 is 1.47 bits per heavy atom. The number of halogens is 3. The SMILES string of the molecule is CC(C)Oc1cc(C(=O)Cl)c(F)cc1Cl. The maximum Gasteiger partial charge on any atom is 0.255 e. The van der Waals surface area contributed by atoms with Gasteiger partial charge < -0.3 is 4.74 Å². The van der Waals surface area contributed by atoms with Crippen molar-refractivity contribution in [2.45, 2.75) is 20.0 Å². The van der Waals surface area contributed by atoms with E-state index in [1.54, 1.807) is 13.8 Å². The molecule has 0 aliphatic heterocycles. The van der Waals surface area contributed by atoms with Crippen LogP contribution in [0.25, 0.3) is 0 Å². The average Bonchev–Trinajstić information content (AvgIpc) is 2.08. The maximum atomic E-state index is 13.2. The van der Waals surface area contributed by atoms with Crippen molar-refractivity contribution in [1.82, 2.24) is 0 Å². The van der Waals surface area contributed by atoms with Crippen molar-refractivity contribution in [3.05, 3.63) is 28.5 Å². The maximum absolute atomic E-state index is 13.2. The lowest BCUT2D eigenvalue weighted by atomic mass is 10.2. The summed E-state index contributed by atoms with van der Waals surface area (Å²) < 4.78 is 18.5. The summed E-state index contributed by atoms with van der Waals surface area (Å²) in [6.45, 7) is 3.59. The van der Waals surface area contributed by atoms with Gasteiger partial charge in [0.2, 0.25) is 0 Å². The van der Waals surface area contributed by atoms with Crippen molar-refractivity contribution in [3.8, 4) is 5.75 Å². The standard InChI is InChI=1S/C10H9Cl2FO2/c1-5(2)15-9-3-6(10(12)14)8(13)4-7(9)11/h3-5H,1-2H3. The molecule has 0 heterocycles. The Labute approximate surface area is 96.9 Å². The number of hydrogen-bond acceptors (Lipinski definition) is 2. The van der Waals surface area contributed by atoms with Crippen molar-refractivity contribution < 1.29 is 13.9 Å². The van der Waals surface area contributed by atoms with E-state index in [4.69, 9.17) is 27.9 Å². The van der Waals surface area contributed by atoms with Crippen LogP contribution in [-0.2, 0) is 0 Å². The van der Waals surface area contributed by atoms with Gasteiger partial charge in [0.05, 0.1) is 16.7 Å². The Kier molecular flexibility index (Phi) is 3.94. The molecule has 1 aromatic carbocycles. The Morgan fingerprint density at radius 3 is 2.53 bits per heavy atom. The third kappa shape index (κ3) is 3.08. The molecule has 0 atom stereocenters. The van der Waals surface area contributed by atoms with E-state index in [1.165, 1.54) is 6.07 Å². The Hall–Kier alpha value is -0.800. The predicted molar refractivity (Wildman–Crippen MR) is 57.4 cm³/mol. The molecule has 0 spiro atoms. The summed E-state index contributed by atoms with van der Waals surface area (Å²) in [5.41, 5.74) is -0.239. The lowest BCUT2D eigenvalue weighted by Gasteiger charge is -2.12. The average molecular weight is 251 g/mol. The third-order valence-electron chi connectivity index (χ3n) is 1.60. The van der Waals surface area contributed by atoms with Crippen LogP contribution in [0.1, 0.15) is 24.2 Å². The van der Waals surface area contributed by atoms with Crippen LogP contribution < -0.4 is 4.74 Å². The first kappa shape index (κ1) is 12.3. The second kappa shape index (κ2) is 4.81. The molecular weight excluding hydrogens is 242 g/mol. The van der Waals surface area contributed by atoms with Crippen molar-refractivity contribution in [1.29, 1.82) is 0 Å². The first-order chi connectivity index (χ1) is 6.91. The first-order valence-corrected chi connectivity index (χ1v) is 5.03. The zero-order chi connectivity index (χ0) is 11.6. The topological polar surface area (TPSA) is 26.3 Å². The highest BCUT2D eigenvalue weighted by molar-refractivity contribution is 6.67. The van der Waals surface area contributed by atoms with Gasteiger partial charge in [0, 0.05) is 0 Å². The number of benzene rings is 1. The van der Waals surface area contributed by atoms with E-state index < -0.39 is 11.1 Å². The summed E-state index contributed by atoms with van der Waals surface area (Å²) in [5, 5.41) is -0.763. The van der Waals surface area contributed by atoms with Crippen LogP contribution in [0.2, 0.25) is 5.02 Å². The summed E-state index contributed by atoms with van der Waals surface area (Å²) in [5.74, 6) is -0.506. The van der Waals surface area contributed by atoms with Gasteiger partial charge in [-0.3, -0.25) is 4.79 Å². The van der Waals surface area contributed by atoms with Crippen LogP contribution in [0.5, 0.6) is 5.75 Å². The fourth-order valence-corrected chi connectivity index (χ4v) is 1.36. The van der Waals surface area contributed by atoms with E-state index in [0.29, 0.717) is 0 Å². The van der Waals surface area contributed by atoms with Gasteiger partial charge in [-0.1, -0.05) is 11.6 Å².